The second-order valence-corrected chi connectivity index (χ2v) is 13.5. The molecule has 3 aliphatic rings. The van der Waals surface area contributed by atoms with Crippen molar-refractivity contribution in [1.29, 1.82) is 0 Å². The van der Waals surface area contributed by atoms with Crippen LogP contribution in [0.1, 0.15) is 86.0 Å². The van der Waals surface area contributed by atoms with Crippen LogP contribution < -0.4 is 0 Å². The van der Waals surface area contributed by atoms with E-state index in [0.29, 0.717) is 18.3 Å². The molecule has 2 saturated heterocycles. The van der Waals surface area contributed by atoms with Crippen molar-refractivity contribution in [3.63, 3.8) is 0 Å². The summed E-state index contributed by atoms with van der Waals surface area (Å²) in [6.45, 7) is 4.14. The number of benzene rings is 2. The molecule has 4 nitrogen and oxygen atoms in total. The Kier molecular flexibility index (Phi) is 10.8. The maximum absolute atomic E-state index is 13.2. The third-order valence-electron chi connectivity index (χ3n) is 10.4. The smallest absolute Gasteiger partial charge is 0.416 e. The lowest BCUT2D eigenvalue weighted by Gasteiger charge is -2.35. The van der Waals surface area contributed by atoms with E-state index < -0.39 is 35.5 Å². The van der Waals surface area contributed by atoms with Crippen LogP contribution in [0.25, 0.3) is 0 Å². The molecule has 3 atom stereocenters. The third-order valence-corrected chi connectivity index (χ3v) is 10.4. The molecule has 0 unspecified atom stereocenters. The number of piperidine rings is 1. The fourth-order valence-electron chi connectivity index (χ4n) is 8.05. The lowest BCUT2D eigenvalue weighted by Crippen LogP contribution is -2.46. The van der Waals surface area contributed by atoms with E-state index in [-0.39, 0.29) is 29.9 Å². The summed E-state index contributed by atoms with van der Waals surface area (Å²) in [4.78, 5) is 17.2. The maximum Gasteiger partial charge on any atom is 0.416 e. The van der Waals surface area contributed by atoms with E-state index in [0.717, 1.165) is 89.8 Å². The predicted octanol–water partition coefficient (Wildman–Crippen LogP) is 8.51. The van der Waals surface area contributed by atoms with Gasteiger partial charge in [0.15, 0.2) is 0 Å². The summed E-state index contributed by atoms with van der Waals surface area (Å²) in [5, 5.41) is 10.3. The van der Waals surface area contributed by atoms with Gasteiger partial charge in [-0.05, 0) is 98.7 Å². The van der Waals surface area contributed by atoms with Crippen LogP contribution >= 0.6 is 0 Å². The number of carboxylic acid groups (broad SMARTS) is 1. The monoisotopic (exact) mass is 638 g/mol. The quantitative estimate of drug-likeness (QED) is 0.265. The molecular weight excluding hydrogens is 594 g/mol. The molecule has 2 aromatic rings. The summed E-state index contributed by atoms with van der Waals surface area (Å²) in [7, 11) is 0. The van der Waals surface area contributed by atoms with Crippen molar-refractivity contribution in [2.75, 3.05) is 32.7 Å². The van der Waals surface area contributed by atoms with E-state index in [4.69, 9.17) is 0 Å². The minimum Gasteiger partial charge on any atom is -0.480 e. The van der Waals surface area contributed by atoms with Crippen LogP contribution in [0, 0.1) is 17.8 Å². The summed E-state index contributed by atoms with van der Waals surface area (Å²) in [5.41, 5.74) is -1.20. The molecule has 2 aromatic carbocycles. The van der Waals surface area contributed by atoms with Crippen LogP contribution in [0.15, 0.2) is 48.5 Å². The van der Waals surface area contributed by atoms with Gasteiger partial charge in [0.05, 0.1) is 11.1 Å². The second-order valence-electron chi connectivity index (χ2n) is 13.5. The molecule has 0 bridgehead atoms. The molecule has 3 fully saturated rings. The molecule has 10 heteroatoms. The summed E-state index contributed by atoms with van der Waals surface area (Å²) in [6, 6.07) is 11.8. The Hall–Kier alpha value is -2.59. The zero-order chi connectivity index (χ0) is 32.2. The zero-order valence-corrected chi connectivity index (χ0v) is 25.6. The first-order valence-electron chi connectivity index (χ1n) is 16.4. The number of carboxylic acids is 1. The van der Waals surface area contributed by atoms with Crippen molar-refractivity contribution in [2.24, 2.45) is 17.8 Å². The Morgan fingerprint density at radius 3 is 2.04 bits per heavy atom. The highest BCUT2D eigenvalue weighted by atomic mass is 19.4. The number of aliphatic carboxylic acids is 1. The molecule has 0 spiro atoms. The molecule has 0 amide bonds. The number of hydrogen-bond acceptors (Lipinski definition) is 3. The van der Waals surface area contributed by atoms with Crippen molar-refractivity contribution in [3.8, 4) is 0 Å². The van der Waals surface area contributed by atoms with Crippen LogP contribution in [0.5, 0.6) is 0 Å². The van der Waals surface area contributed by atoms with Crippen LogP contribution in [-0.2, 0) is 23.6 Å². The third kappa shape index (κ3) is 8.82. The summed E-state index contributed by atoms with van der Waals surface area (Å²) in [5.74, 6) is 0.413. The van der Waals surface area contributed by atoms with E-state index in [1.165, 1.54) is 12.0 Å². The number of alkyl halides is 6. The van der Waals surface area contributed by atoms with Gasteiger partial charge in [0.1, 0.15) is 6.04 Å². The lowest BCUT2D eigenvalue weighted by atomic mass is 9.83. The van der Waals surface area contributed by atoms with Crippen molar-refractivity contribution >= 4 is 5.97 Å². The molecule has 1 aliphatic carbocycles. The van der Waals surface area contributed by atoms with Crippen LogP contribution in [-0.4, -0.2) is 59.6 Å². The maximum atomic E-state index is 13.2. The number of rotatable bonds is 10. The van der Waals surface area contributed by atoms with Crippen molar-refractivity contribution in [2.45, 2.75) is 88.5 Å². The first-order valence-corrected chi connectivity index (χ1v) is 16.4. The highest BCUT2D eigenvalue weighted by Crippen LogP contribution is 2.40. The number of nitrogens with zero attached hydrogens (tertiary/aromatic N) is 2. The predicted molar refractivity (Wildman–Crippen MR) is 161 cm³/mol. The average molecular weight is 639 g/mol. The van der Waals surface area contributed by atoms with Gasteiger partial charge in [-0.1, -0.05) is 56.0 Å². The summed E-state index contributed by atoms with van der Waals surface area (Å²) < 4.78 is 79.4. The zero-order valence-electron chi connectivity index (χ0n) is 25.6. The fraction of sp³-hybridized carbons (Fsp3) is 0.629. The van der Waals surface area contributed by atoms with E-state index in [2.05, 4.69) is 21.9 Å². The van der Waals surface area contributed by atoms with E-state index in [9.17, 15) is 36.2 Å². The van der Waals surface area contributed by atoms with Crippen molar-refractivity contribution in [1.82, 2.24) is 9.80 Å². The average Bonchev–Trinajstić information content (AvgIpc) is 3.40. The van der Waals surface area contributed by atoms with Gasteiger partial charge in [0, 0.05) is 25.6 Å². The lowest BCUT2D eigenvalue weighted by molar-refractivity contribution is -0.146. The Labute approximate surface area is 261 Å². The standard InChI is InChI=1S/C35H44F6N2O2/c36-34(37,38)29-18-25(19-30(20-29)35(39,40)41)9-7-8-24-14-16-42(17-15-24)21-28-22-43(23-31(28)26-10-3-1-4-11-26)32(33(44)45)27-12-5-2-6-13-27/h1,3-4,10-11,18-20,24,27-28,31-32H,2,5-9,12-17,21-23H2,(H,44,45)/t28-,31+,32+/m0/s1. The highest BCUT2D eigenvalue weighted by Gasteiger charge is 2.43. The Balaban J connectivity index is 1.16. The molecule has 5 rings (SSSR count). The number of hydrogen-bond donors (Lipinski definition) is 1. The molecule has 1 N–H and O–H groups in total. The van der Waals surface area contributed by atoms with Gasteiger partial charge < -0.3 is 10.0 Å². The molecule has 45 heavy (non-hydrogen) atoms. The van der Waals surface area contributed by atoms with Gasteiger partial charge in [-0.2, -0.15) is 26.3 Å². The number of carbonyl (C=O) groups is 1. The second kappa shape index (κ2) is 14.4. The number of halogens is 6. The fourth-order valence-corrected chi connectivity index (χ4v) is 8.05. The SMILES string of the molecule is O=C(O)[C@@H](C1CCCCC1)N1C[C@H](CN2CCC(CCCc3cc(C(F)(F)F)cc(C(F)(F)F)c3)CC2)[C@@H](c2ccccc2)C1. The first kappa shape index (κ1) is 33.8. The number of aryl methyl sites for hydroxylation is 1. The minimum absolute atomic E-state index is 0.0696. The molecule has 248 valence electrons. The topological polar surface area (TPSA) is 43.8 Å². The summed E-state index contributed by atoms with van der Waals surface area (Å²) in [6.07, 6.45) is -1.01. The minimum atomic E-state index is -4.83. The van der Waals surface area contributed by atoms with Crippen molar-refractivity contribution in [3.05, 3.63) is 70.8 Å². The largest absolute Gasteiger partial charge is 0.480 e. The van der Waals surface area contributed by atoms with E-state index in [1.54, 1.807) is 0 Å². The molecule has 2 aliphatic heterocycles. The van der Waals surface area contributed by atoms with Gasteiger partial charge >= 0.3 is 18.3 Å². The number of likely N-dealkylation sites (tertiary alicyclic amines) is 2. The Morgan fingerprint density at radius 1 is 0.844 bits per heavy atom. The van der Waals surface area contributed by atoms with Gasteiger partial charge in [-0.15, -0.1) is 0 Å². The molecule has 2 heterocycles. The first-order chi connectivity index (χ1) is 21.4. The molecule has 0 aromatic heterocycles. The molecule has 1 saturated carbocycles. The van der Waals surface area contributed by atoms with Crippen molar-refractivity contribution < 1.29 is 36.2 Å². The molecular formula is C35H44F6N2O2. The Morgan fingerprint density at radius 2 is 1.47 bits per heavy atom. The van der Waals surface area contributed by atoms with Gasteiger partial charge in [-0.3, -0.25) is 9.69 Å². The molecule has 0 radical (unpaired) electrons. The Bertz CT molecular complexity index is 1220. The van der Waals surface area contributed by atoms with Gasteiger partial charge in [0.25, 0.3) is 0 Å². The highest BCUT2D eigenvalue weighted by molar-refractivity contribution is 5.74. The van der Waals surface area contributed by atoms with Crippen LogP contribution in [0.3, 0.4) is 0 Å². The normalized spacial score (nSPS) is 23.8. The van der Waals surface area contributed by atoms with Crippen LogP contribution in [0.2, 0.25) is 0 Å². The van der Waals surface area contributed by atoms with Gasteiger partial charge in [-0.25, -0.2) is 0 Å². The van der Waals surface area contributed by atoms with Gasteiger partial charge in [0.2, 0.25) is 0 Å². The summed E-state index contributed by atoms with van der Waals surface area (Å²) >= 11 is 0. The van der Waals surface area contributed by atoms with Crippen LogP contribution in [0.4, 0.5) is 26.3 Å². The van der Waals surface area contributed by atoms with E-state index in [1.807, 2.05) is 18.2 Å². The van der Waals surface area contributed by atoms with E-state index >= 15 is 0 Å².